The van der Waals surface area contributed by atoms with Crippen LogP contribution in [0.1, 0.15) is 58.4 Å². The molecule has 0 bridgehead atoms. The minimum atomic E-state index is -1.76. The van der Waals surface area contributed by atoms with Crippen molar-refractivity contribution in [3.05, 3.63) is 81.3 Å². The van der Waals surface area contributed by atoms with E-state index < -0.39 is 32.3 Å². The fourth-order valence-electron chi connectivity index (χ4n) is 5.08. The van der Waals surface area contributed by atoms with Crippen molar-refractivity contribution in [3.63, 3.8) is 0 Å². The van der Waals surface area contributed by atoms with Gasteiger partial charge in [0.1, 0.15) is 8.07 Å². The van der Waals surface area contributed by atoms with Gasteiger partial charge in [-0.15, -0.1) is 26.9 Å². The van der Waals surface area contributed by atoms with Crippen molar-refractivity contribution in [2.24, 2.45) is 0 Å². The van der Waals surface area contributed by atoms with Gasteiger partial charge >= 0.3 is 0 Å². The van der Waals surface area contributed by atoms with Crippen molar-refractivity contribution in [2.75, 3.05) is 0 Å². The van der Waals surface area contributed by atoms with Crippen LogP contribution >= 0.6 is 0 Å². The zero-order valence-electron chi connectivity index (χ0n) is 34.6. The SMILES string of the molecule is CC(O)=CC#C[Si](C)(C)[c-]1[c-](C)[c-](C)[c-](C)[c-]1C.CC(O)=CC#C[Si](C)(C)[c-]1c(C)c(C)c(C)c1C.[CH2-][Si](C)(C)C.[CH2-][Si](C)(C)C.[Y].[Y]. The fourth-order valence-corrected chi connectivity index (χ4v) is 10.7. The van der Waals surface area contributed by atoms with Gasteiger partial charge in [0, 0.05) is 77.6 Å². The van der Waals surface area contributed by atoms with Crippen molar-refractivity contribution in [1.82, 2.24) is 0 Å². The van der Waals surface area contributed by atoms with Crippen LogP contribution in [0.2, 0.25) is 65.5 Å². The van der Waals surface area contributed by atoms with E-state index in [1.165, 1.54) is 54.9 Å². The molecule has 0 aromatic heterocycles. The van der Waals surface area contributed by atoms with Gasteiger partial charge in [0.25, 0.3) is 0 Å². The number of hydrogen-bond donors (Lipinski definition) is 2. The second-order valence-corrected chi connectivity index (χ2v) is 34.5. The fraction of sp³-hybridized carbons (Fsp3) is 0.500. The van der Waals surface area contributed by atoms with Crippen LogP contribution in [0.15, 0.2) is 23.7 Å². The van der Waals surface area contributed by atoms with E-state index in [4.69, 9.17) is 10.2 Å². The Bertz CT molecular complexity index is 1310. The largest absolute Gasteiger partial charge is 0.731 e. The topological polar surface area (TPSA) is 40.5 Å². The van der Waals surface area contributed by atoms with E-state index in [1.807, 2.05) is 0 Å². The second-order valence-electron chi connectivity index (χ2n) is 16.2. The van der Waals surface area contributed by atoms with E-state index in [0.29, 0.717) is 0 Å². The quantitative estimate of drug-likeness (QED) is 0.137. The number of rotatable bonds is 2. The maximum atomic E-state index is 9.15. The maximum Gasteiger partial charge on any atom is 0.105 e. The van der Waals surface area contributed by atoms with Gasteiger partial charge in [0.05, 0.1) is 11.5 Å². The molecule has 48 heavy (non-hydrogen) atoms. The van der Waals surface area contributed by atoms with Crippen molar-refractivity contribution in [3.8, 4) is 22.9 Å². The van der Waals surface area contributed by atoms with Gasteiger partial charge in [0.2, 0.25) is 0 Å². The van der Waals surface area contributed by atoms with E-state index in [2.05, 4.69) is 157 Å². The third-order valence-corrected chi connectivity index (χ3v) is 13.0. The zero-order chi connectivity index (χ0) is 37.2. The van der Waals surface area contributed by atoms with Crippen LogP contribution in [0, 0.1) is 91.4 Å². The summed E-state index contributed by atoms with van der Waals surface area (Å²) >= 11 is 0. The van der Waals surface area contributed by atoms with Crippen LogP contribution in [-0.2, 0) is 65.4 Å². The van der Waals surface area contributed by atoms with E-state index in [-0.39, 0.29) is 76.9 Å². The van der Waals surface area contributed by atoms with Crippen LogP contribution in [-0.4, -0.2) is 42.5 Å². The van der Waals surface area contributed by atoms with Gasteiger partial charge < -0.3 is 50.7 Å². The Hall–Kier alpha value is -0.0247. The first-order valence-electron chi connectivity index (χ1n) is 16.3. The molecule has 2 radical (unpaired) electrons. The van der Waals surface area contributed by atoms with E-state index >= 15 is 0 Å². The first-order valence-corrected chi connectivity index (χ1v) is 29.7. The molecule has 0 fully saturated rings. The molecule has 2 aromatic carbocycles. The summed E-state index contributed by atoms with van der Waals surface area (Å²) in [5.74, 6) is 6.56. The molecule has 2 N–H and O–H groups in total. The minimum absolute atomic E-state index is 0. The van der Waals surface area contributed by atoms with Crippen molar-refractivity contribution in [1.29, 1.82) is 0 Å². The van der Waals surface area contributed by atoms with Crippen molar-refractivity contribution in [2.45, 2.75) is 135 Å². The van der Waals surface area contributed by atoms with Gasteiger partial charge in [0.15, 0.2) is 0 Å². The van der Waals surface area contributed by atoms with Crippen molar-refractivity contribution < 1.29 is 75.6 Å². The Morgan fingerprint density at radius 3 is 1.06 bits per heavy atom. The summed E-state index contributed by atoms with van der Waals surface area (Å²) in [5, 5.41) is 21.2. The molecule has 0 heterocycles. The molecular formula is C40H68O2Si4Y2-8. The Labute approximate surface area is 353 Å². The monoisotopic (exact) mass is 870 g/mol. The smallest absolute Gasteiger partial charge is 0.105 e. The Kier molecular flexibility index (Phi) is 26.0. The molecule has 0 unspecified atom stereocenters. The first-order chi connectivity index (χ1) is 20.4. The number of allylic oxidation sites excluding steroid dienone is 4. The molecule has 2 aromatic rings. The molecule has 0 aliphatic carbocycles. The predicted octanol–water partition coefficient (Wildman–Crippen LogP) is 10.5. The molecule has 0 saturated carbocycles. The molecule has 0 aliphatic rings. The Morgan fingerprint density at radius 2 is 0.812 bits per heavy atom. The van der Waals surface area contributed by atoms with Crippen molar-refractivity contribution >= 4 is 42.7 Å². The molecule has 2 rings (SSSR count). The summed E-state index contributed by atoms with van der Waals surface area (Å²) in [4.78, 5) is 0. The Balaban J connectivity index is -0.000000305. The first kappa shape index (κ1) is 54.7. The maximum absolute atomic E-state index is 9.15. The summed E-state index contributed by atoms with van der Waals surface area (Å²) in [6.07, 6.45) is 3.17. The van der Waals surface area contributed by atoms with E-state index in [9.17, 15) is 0 Å². The molecule has 0 saturated heterocycles. The normalized spacial score (nSPS) is 11.7. The summed E-state index contributed by atoms with van der Waals surface area (Å²) in [6.45, 7) is 51.1. The number of hydrogen-bond acceptors (Lipinski definition) is 2. The van der Waals surface area contributed by atoms with Crippen LogP contribution in [0.4, 0.5) is 0 Å². The molecular weight excluding hydrogens is 803 g/mol. The van der Waals surface area contributed by atoms with Crippen LogP contribution in [0.5, 0.6) is 0 Å². The van der Waals surface area contributed by atoms with Crippen LogP contribution < -0.4 is 10.4 Å². The molecule has 2 nitrogen and oxygen atoms in total. The average molecular weight is 871 g/mol. The summed E-state index contributed by atoms with van der Waals surface area (Å²) in [6, 6.07) is 0. The molecule has 0 spiro atoms. The molecule has 8 heteroatoms. The van der Waals surface area contributed by atoms with Crippen LogP contribution in [0.25, 0.3) is 0 Å². The van der Waals surface area contributed by atoms with Gasteiger partial charge in [-0.3, -0.25) is 0 Å². The minimum Gasteiger partial charge on any atom is -0.731 e. The Morgan fingerprint density at radius 1 is 0.562 bits per heavy atom. The van der Waals surface area contributed by atoms with Gasteiger partial charge in [-0.05, 0) is 13.8 Å². The molecule has 270 valence electrons. The standard InChI is InChI=1S/2C16H23OSi.2C4H11Si.2Y/c2*1-11(17)9-8-10-18(6,7)16-14(4)12(2)13(3)15(16)5;2*1-5(2,3)4;;/h2*9,17H,1-7H3;2*1H2,2-4H3;;/q-5;3*-1;;. The number of aliphatic hydroxyl groups is 2. The third kappa shape index (κ3) is 21.4. The molecule has 0 amide bonds. The van der Waals surface area contributed by atoms with E-state index in [1.54, 1.807) is 26.0 Å². The van der Waals surface area contributed by atoms with Gasteiger partial charge in [-0.1, -0.05) is 113 Å². The summed E-state index contributed by atoms with van der Waals surface area (Å²) in [5.41, 5.74) is 18.0. The summed E-state index contributed by atoms with van der Waals surface area (Å²) < 4.78 is 0. The molecule has 0 aliphatic heterocycles. The zero-order valence-corrected chi connectivity index (χ0v) is 44.3. The second kappa shape index (κ2) is 22.8. The van der Waals surface area contributed by atoms with Gasteiger partial charge in [-0.2, -0.15) is 27.8 Å². The van der Waals surface area contributed by atoms with E-state index in [0.717, 1.165) is 0 Å². The third-order valence-electron chi connectivity index (χ3n) is 7.46. The number of aliphatic hydroxyl groups excluding tert-OH is 2. The summed E-state index contributed by atoms with van der Waals surface area (Å²) in [7, 11) is -5.25. The molecule has 0 atom stereocenters. The average Bonchev–Trinajstić information content (AvgIpc) is 3.15. The van der Waals surface area contributed by atoms with Gasteiger partial charge in [-0.25, -0.2) is 27.7 Å². The predicted molar refractivity (Wildman–Crippen MR) is 222 cm³/mol. The van der Waals surface area contributed by atoms with Crippen LogP contribution in [0.3, 0.4) is 0 Å².